The molecule has 0 spiro atoms. The molecule has 114 valence electrons. The Morgan fingerprint density at radius 3 is 2.95 bits per heavy atom. The molecule has 1 aromatic heterocycles. The van der Waals surface area contributed by atoms with Gasteiger partial charge in [-0.15, -0.1) is 0 Å². The number of nitrogen functional groups attached to an aromatic ring is 1. The maximum absolute atomic E-state index is 13.2. The van der Waals surface area contributed by atoms with Gasteiger partial charge in [0.25, 0.3) is 0 Å². The molecule has 10 nitrogen and oxygen atoms in total. The Bertz CT molecular complexity index is 632. The second-order valence-electron chi connectivity index (χ2n) is 4.51. The molecule has 1 fully saturated rings. The van der Waals surface area contributed by atoms with Crippen LogP contribution in [0.2, 0.25) is 0 Å². The number of aromatic nitrogens is 2. The summed E-state index contributed by atoms with van der Waals surface area (Å²) in [6, 6.07) is 1.29. The van der Waals surface area contributed by atoms with Gasteiger partial charge in [0.15, 0.2) is 5.72 Å². The summed E-state index contributed by atoms with van der Waals surface area (Å²) in [6.07, 6.45) is -1.70. The smallest absolute Gasteiger partial charge is 0.351 e. The third kappa shape index (κ3) is 2.43. The summed E-state index contributed by atoms with van der Waals surface area (Å²) < 4.78 is 19.4. The third-order valence-electron chi connectivity index (χ3n) is 3.30. The molecule has 1 aliphatic heterocycles. The monoisotopic (exact) mass is 300 g/mol. The number of azide groups is 1. The van der Waals surface area contributed by atoms with Crippen LogP contribution >= 0.6 is 0 Å². The molecular weight excluding hydrogens is 287 g/mol. The van der Waals surface area contributed by atoms with Crippen LogP contribution in [0.1, 0.15) is 6.23 Å². The van der Waals surface area contributed by atoms with Gasteiger partial charge >= 0.3 is 5.69 Å². The van der Waals surface area contributed by atoms with Crippen molar-refractivity contribution in [3.8, 4) is 0 Å². The minimum atomic E-state index is -2.06. The lowest BCUT2D eigenvalue weighted by Crippen LogP contribution is -2.43. The van der Waals surface area contributed by atoms with E-state index < -0.39 is 42.9 Å². The summed E-state index contributed by atoms with van der Waals surface area (Å²) in [7, 11) is 0. The number of alkyl halides is 1. The van der Waals surface area contributed by atoms with Crippen molar-refractivity contribution in [2.75, 3.05) is 19.0 Å². The van der Waals surface area contributed by atoms with Gasteiger partial charge in [-0.1, -0.05) is 5.11 Å². The maximum atomic E-state index is 13.2. The van der Waals surface area contributed by atoms with E-state index in [0.29, 0.717) is 0 Å². The van der Waals surface area contributed by atoms with Crippen LogP contribution in [0.25, 0.3) is 10.4 Å². The Labute approximate surface area is 117 Å². The van der Waals surface area contributed by atoms with E-state index in [1.165, 1.54) is 12.3 Å². The van der Waals surface area contributed by atoms with Crippen molar-refractivity contribution in [3.63, 3.8) is 0 Å². The fourth-order valence-corrected chi connectivity index (χ4v) is 2.22. The number of ether oxygens (including phenoxy) is 1. The first kappa shape index (κ1) is 15.2. The van der Waals surface area contributed by atoms with Crippen molar-refractivity contribution in [1.82, 2.24) is 9.55 Å². The SMILES string of the molecule is [N-]=[N+]=N[C@]1(CO)O[C@@H](n2ccc(N)nc2=O)[C@H](CF)[C@@H]1O. The number of halogens is 1. The van der Waals surface area contributed by atoms with E-state index in [1.54, 1.807) is 0 Å². The van der Waals surface area contributed by atoms with Crippen LogP contribution in [-0.2, 0) is 4.74 Å². The van der Waals surface area contributed by atoms with Gasteiger partial charge in [0.2, 0.25) is 0 Å². The molecule has 0 radical (unpaired) electrons. The first-order valence-corrected chi connectivity index (χ1v) is 5.92. The molecule has 4 N–H and O–H groups in total. The molecule has 1 aliphatic rings. The predicted molar refractivity (Wildman–Crippen MR) is 67.5 cm³/mol. The van der Waals surface area contributed by atoms with Crippen LogP contribution in [0.5, 0.6) is 0 Å². The first-order valence-electron chi connectivity index (χ1n) is 5.92. The van der Waals surface area contributed by atoms with E-state index in [4.69, 9.17) is 16.0 Å². The Hall–Kier alpha value is -2.20. The number of aliphatic hydroxyl groups excluding tert-OH is 2. The van der Waals surface area contributed by atoms with Gasteiger partial charge < -0.3 is 20.7 Å². The van der Waals surface area contributed by atoms with Crippen LogP contribution in [0.4, 0.5) is 10.2 Å². The molecule has 0 aliphatic carbocycles. The van der Waals surface area contributed by atoms with E-state index in [9.17, 15) is 19.4 Å². The molecule has 0 aromatic carbocycles. The number of nitrogens with two attached hydrogens (primary N) is 1. The van der Waals surface area contributed by atoms with Crippen LogP contribution in [0.3, 0.4) is 0 Å². The average Bonchev–Trinajstić information content (AvgIpc) is 2.72. The summed E-state index contributed by atoms with van der Waals surface area (Å²) in [5.41, 5.74) is 11.0. The van der Waals surface area contributed by atoms with Gasteiger partial charge in [-0.3, -0.25) is 8.96 Å². The molecule has 2 heterocycles. The summed E-state index contributed by atoms with van der Waals surface area (Å²) in [4.78, 5) is 17.7. The van der Waals surface area contributed by atoms with Crippen LogP contribution in [0.15, 0.2) is 22.2 Å². The van der Waals surface area contributed by atoms with E-state index in [2.05, 4.69) is 15.0 Å². The predicted octanol–water partition coefficient (Wildman–Crippen LogP) is -0.700. The molecule has 0 unspecified atom stereocenters. The van der Waals surface area contributed by atoms with Gasteiger partial charge in [0.1, 0.15) is 18.1 Å². The standard InChI is InChI=1S/C10H13FN6O4/c11-3-5-7(19)10(4-18,15-16-13)21-8(5)17-2-1-6(12)14-9(17)20/h1-2,5,7-8,18-19H,3-4H2,(H2,12,14,20)/t5-,7+,8-,10-/m1/s1. The number of hydrogen-bond acceptors (Lipinski definition) is 7. The van der Waals surface area contributed by atoms with Crippen LogP contribution < -0.4 is 11.4 Å². The normalized spacial score (nSPS) is 31.9. The third-order valence-corrected chi connectivity index (χ3v) is 3.30. The molecule has 1 aromatic rings. The molecule has 0 saturated carbocycles. The van der Waals surface area contributed by atoms with Gasteiger partial charge in [0.05, 0.1) is 19.2 Å². The van der Waals surface area contributed by atoms with E-state index >= 15 is 0 Å². The zero-order chi connectivity index (χ0) is 15.6. The molecule has 1 saturated heterocycles. The second kappa shape index (κ2) is 5.66. The number of rotatable bonds is 4. The van der Waals surface area contributed by atoms with Crippen molar-refractivity contribution in [2.45, 2.75) is 18.1 Å². The molecule has 11 heteroatoms. The lowest BCUT2D eigenvalue weighted by molar-refractivity contribution is -0.124. The highest BCUT2D eigenvalue weighted by Crippen LogP contribution is 2.42. The van der Waals surface area contributed by atoms with Crippen molar-refractivity contribution in [3.05, 3.63) is 33.2 Å². The Morgan fingerprint density at radius 1 is 1.71 bits per heavy atom. The summed E-state index contributed by atoms with van der Waals surface area (Å²) in [5.74, 6) is -1.25. The highest BCUT2D eigenvalue weighted by Gasteiger charge is 2.55. The van der Waals surface area contributed by atoms with E-state index in [1.807, 2.05) is 0 Å². The Morgan fingerprint density at radius 2 is 2.43 bits per heavy atom. The number of nitrogens with zero attached hydrogens (tertiary/aromatic N) is 5. The summed E-state index contributed by atoms with van der Waals surface area (Å²) in [5, 5.41) is 22.6. The topological polar surface area (TPSA) is 159 Å². The van der Waals surface area contributed by atoms with Gasteiger partial charge in [-0.2, -0.15) is 4.98 Å². The van der Waals surface area contributed by atoms with Crippen molar-refractivity contribution in [2.24, 2.45) is 11.0 Å². The van der Waals surface area contributed by atoms with Crippen molar-refractivity contribution in [1.29, 1.82) is 0 Å². The van der Waals surface area contributed by atoms with Gasteiger partial charge in [0, 0.05) is 11.1 Å². The van der Waals surface area contributed by atoms with Gasteiger partial charge in [-0.05, 0) is 11.6 Å². The lowest BCUT2D eigenvalue weighted by atomic mass is 9.97. The zero-order valence-electron chi connectivity index (χ0n) is 10.7. The average molecular weight is 300 g/mol. The number of anilines is 1. The molecule has 2 rings (SSSR count). The van der Waals surface area contributed by atoms with E-state index in [0.717, 1.165) is 4.57 Å². The number of hydrogen-bond donors (Lipinski definition) is 3. The number of aliphatic hydroxyl groups is 2. The molecular formula is C10H13FN6O4. The lowest BCUT2D eigenvalue weighted by Gasteiger charge is -2.24. The van der Waals surface area contributed by atoms with Crippen LogP contribution in [0, 0.1) is 5.92 Å². The fraction of sp³-hybridized carbons (Fsp3) is 0.600. The van der Waals surface area contributed by atoms with Crippen LogP contribution in [-0.4, -0.2) is 44.9 Å². The van der Waals surface area contributed by atoms with Gasteiger partial charge in [-0.25, -0.2) is 4.79 Å². The Balaban J connectivity index is 2.49. The minimum Gasteiger partial charge on any atom is -0.393 e. The van der Waals surface area contributed by atoms with Crippen molar-refractivity contribution < 1.29 is 19.3 Å². The minimum absolute atomic E-state index is 0.0324. The fourth-order valence-electron chi connectivity index (χ4n) is 2.22. The molecule has 21 heavy (non-hydrogen) atoms. The Kier molecular flexibility index (Phi) is 4.09. The maximum Gasteiger partial charge on any atom is 0.351 e. The largest absolute Gasteiger partial charge is 0.393 e. The van der Waals surface area contributed by atoms with E-state index in [-0.39, 0.29) is 5.82 Å². The first-order chi connectivity index (χ1) is 9.99. The second-order valence-corrected chi connectivity index (χ2v) is 4.51. The highest BCUT2D eigenvalue weighted by molar-refractivity contribution is 5.23. The highest BCUT2D eigenvalue weighted by atomic mass is 19.1. The summed E-state index contributed by atoms with van der Waals surface area (Å²) >= 11 is 0. The molecule has 4 atom stereocenters. The zero-order valence-corrected chi connectivity index (χ0v) is 10.7. The van der Waals surface area contributed by atoms with Crippen molar-refractivity contribution >= 4 is 5.82 Å². The molecule has 0 amide bonds. The quantitative estimate of drug-likeness (QED) is 0.378. The molecule has 0 bridgehead atoms. The summed E-state index contributed by atoms with van der Waals surface area (Å²) in [6.45, 7) is -1.94.